The average Bonchev–Trinajstić information content (AvgIpc) is 2.54. The molecule has 0 saturated carbocycles. The van der Waals surface area contributed by atoms with Crippen LogP contribution in [-0.2, 0) is 0 Å². The summed E-state index contributed by atoms with van der Waals surface area (Å²) in [6, 6.07) is 11.4. The highest BCUT2D eigenvalue weighted by Gasteiger charge is 2.07. The van der Waals surface area contributed by atoms with Crippen molar-refractivity contribution >= 4 is 17.8 Å². The molecule has 0 unspecified atom stereocenters. The van der Waals surface area contributed by atoms with Crippen molar-refractivity contribution in [2.24, 2.45) is 0 Å². The van der Waals surface area contributed by atoms with Crippen LogP contribution in [0.3, 0.4) is 0 Å². The van der Waals surface area contributed by atoms with Gasteiger partial charge in [-0.1, -0.05) is 24.3 Å². The molecule has 0 aliphatic rings. The number of ether oxygens (including phenoxy) is 3. The van der Waals surface area contributed by atoms with Crippen molar-refractivity contribution in [2.75, 3.05) is 27.1 Å². The summed E-state index contributed by atoms with van der Waals surface area (Å²) in [5.41, 5.74) is 8.56. The Morgan fingerprint density at radius 1 is 0.810 bits per heavy atom. The largest absolute Gasteiger partial charge is 0.497 e. The van der Waals surface area contributed by atoms with Gasteiger partial charge in [0.15, 0.2) is 0 Å². The maximum Gasteiger partial charge on any atom is 0.146 e. The second kappa shape index (κ2) is 6.70. The molecule has 0 aliphatic heterocycles. The van der Waals surface area contributed by atoms with Crippen LogP contribution in [0.1, 0.15) is 11.1 Å². The first-order valence-corrected chi connectivity index (χ1v) is 6.51. The van der Waals surface area contributed by atoms with Crippen LogP contribution in [0.15, 0.2) is 36.4 Å². The van der Waals surface area contributed by atoms with Crippen molar-refractivity contribution in [3.63, 3.8) is 0 Å². The van der Waals surface area contributed by atoms with Crippen molar-refractivity contribution in [3.8, 4) is 17.2 Å². The number of nitrogens with two attached hydrogens (primary N) is 1. The average molecular weight is 285 g/mol. The standard InChI is InChI=1S/C17H19NO3/c1-19-14-8-5-12(6-9-14)4-7-13-10-15(20-2)11-16(21-3)17(13)18/h4-11H,18H2,1-3H3/b7-4+. The summed E-state index contributed by atoms with van der Waals surface area (Å²) in [4.78, 5) is 0. The van der Waals surface area contributed by atoms with Crippen LogP contribution in [0.5, 0.6) is 17.2 Å². The van der Waals surface area contributed by atoms with Gasteiger partial charge in [0.25, 0.3) is 0 Å². The first kappa shape index (κ1) is 14.8. The van der Waals surface area contributed by atoms with Gasteiger partial charge in [-0.15, -0.1) is 0 Å². The molecule has 0 aliphatic carbocycles. The predicted octanol–water partition coefficient (Wildman–Crippen LogP) is 3.47. The third kappa shape index (κ3) is 3.48. The molecule has 0 fully saturated rings. The number of nitrogen functional groups attached to an aromatic ring is 1. The van der Waals surface area contributed by atoms with Gasteiger partial charge in [0.2, 0.25) is 0 Å². The minimum Gasteiger partial charge on any atom is -0.497 e. The molecule has 0 saturated heterocycles. The number of hydrogen-bond acceptors (Lipinski definition) is 4. The first-order valence-electron chi connectivity index (χ1n) is 6.51. The van der Waals surface area contributed by atoms with E-state index >= 15 is 0 Å². The van der Waals surface area contributed by atoms with Gasteiger partial charge < -0.3 is 19.9 Å². The number of anilines is 1. The molecule has 0 aromatic heterocycles. The Labute approximate surface area is 124 Å². The van der Waals surface area contributed by atoms with Gasteiger partial charge in [-0.2, -0.15) is 0 Å². The van der Waals surface area contributed by atoms with Gasteiger partial charge in [-0.25, -0.2) is 0 Å². The molecule has 2 aromatic rings. The summed E-state index contributed by atoms with van der Waals surface area (Å²) in [7, 11) is 4.85. The molecule has 4 heteroatoms. The van der Waals surface area contributed by atoms with Gasteiger partial charge >= 0.3 is 0 Å². The Morgan fingerprint density at radius 2 is 1.48 bits per heavy atom. The van der Waals surface area contributed by atoms with E-state index in [1.807, 2.05) is 42.5 Å². The highest BCUT2D eigenvalue weighted by atomic mass is 16.5. The zero-order valence-electron chi connectivity index (χ0n) is 12.4. The number of benzene rings is 2. The first-order chi connectivity index (χ1) is 10.2. The van der Waals surface area contributed by atoms with Crippen molar-refractivity contribution < 1.29 is 14.2 Å². The third-order valence-electron chi connectivity index (χ3n) is 3.17. The Balaban J connectivity index is 2.30. The van der Waals surface area contributed by atoms with Gasteiger partial charge in [0, 0.05) is 11.6 Å². The van der Waals surface area contributed by atoms with E-state index in [0.29, 0.717) is 17.2 Å². The molecular weight excluding hydrogens is 266 g/mol. The molecule has 0 atom stereocenters. The van der Waals surface area contributed by atoms with Gasteiger partial charge in [0.1, 0.15) is 17.2 Å². The molecule has 4 nitrogen and oxygen atoms in total. The van der Waals surface area contributed by atoms with Crippen LogP contribution in [-0.4, -0.2) is 21.3 Å². The smallest absolute Gasteiger partial charge is 0.146 e. The van der Waals surface area contributed by atoms with E-state index in [9.17, 15) is 0 Å². The third-order valence-corrected chi connectivity index (χ3v) is 3.17. The van der Waals surface area contributed by atoms with Crippen LogP contribution >= 0.6 is 0 Å². The molecule has 0 heterocycles. The SMILES string of the molecule is COc1ccc(/C=C/c2cc(OC)cc(OC)c2N)cc1. The zero-order chi connectivity index (χ0) is 15.2. The lowest BCUT2D eigenvalue weighted by molar-refractivity contribution is 0.395. The quantitative estimate of drug-likeness (QED) is 0.675. The molecule has 0 radical (unpaired) electrons. The minimum atomic E-state index is 0.586. The number of hydrogen-bond donors (Lipinski definition) is 1. The predicted molar refractivity (Wildman–Crippen MR) is 85.9 cm³/mol. The normalized spacial score (nSPS) is 10.6. The molecular formula is C17H19NO3. The lowest BCUT2D eigenvalue weighted by atomic mass is 10.1. The Morgan fingerprint density at radius 3 is 2.05 bits per heavy atom. The van der Waals surface area contributed by atoms with E-state index in [1.165, 1.54) is 0 Å². The minimum absolute atomic E-state index is 0.586. The zero-order valence-corrected chi connectivity index (χ0v) is 12.4. The van der Waals surface area contributed by atoms with Crippen LogP contribution in [0.4, 0.5) is 5.69 Å². The fourth-order valence-corrected chi connectivity index (χ4v) is 1.95. The monoisotopic (exact) mass is 285 g/mol. The maximum atomic E-state index is 6.08. The molecule has 110 valence electrons. The second-order valence-corrected chi connectivity index (χ2v) is 4.44. The second-order valence-electron chi connectivity index (χ2n) is 4.44. The summed E-state index contributed by atoms with van der Waals surface area (Å²) in [5, 5.41) is 0. The molecule has 21 heavy (non-hydrogen) atoms. The van der Waals surface area contributed by atoms with Crippen molar-refractivity contribution in [1.29, 1.82) is 0 Å². The van der Waals surface area contributed by atoms with E-state index in [1.54, 1.807) is 27.4 Å². The van der Waals surface area contributed by atoms with E-state index in [4.69, 9.17) is 19.9 Å². The van der Waals surface area contributed by atoms with Crippen LogP contribution < -0.4 is 19.9 Å². The molecule has 2 N–H and O–H groups in total. The Kier molecular flexibility index (Phi) is 4.72. The van der Waals surface area contributed by atoms with Crippen molar-refractivity contribution in [1.82, 2.24) is 0 Å². The lowest BCUT2D eigenvalue weighted by Gasteiger charge is -2.10. The molecule has 0 bridgehead atoms. The molecule has 2 aromatic carbocycles. The van der Waals surface area contributed by atoms with E-state index in [0.717, 1.165) is 16.9 Å². The van der Waals surface area contributed by atoms with Crippen molar-refractivity contribution in [2.45, 2.75) is 0 Å². The summed E-state index contributed by atoms with van der Waals surface area (Å²) in [6.45, 7) is 0. The summed E-state index contributed by atoms with van der Waals surface area (Å²) < 4.78 is 15.6. The number of rotatable bonds is 5. The van der Waals surface area contributed by atoms with Crippen LogP contribution in [0.2, 0.25) is 0 Å². The van der Waals surface area contributed by atoms with E-state index in [2.05, 4.69) is 0 Å². The molecule has 2 rings (SSSR count). The molecule has 0 spiro atoms. The summed E-state index contributed by atoms with van der Waals surface area (Å²) >= 11 is 0. The van der Waals surface area contributed by atoms with Crippen LogP contribution in [0, 0.1) is 0 Å². The highest BCUT2D eigenvalue weighted by molar-refractivity contribution is 5.79. The topological polar surface area (TPSA) is 53.7 Å². The van der Waals surface area contributed by atoms with Gasteiger partial charge in [-0.05, 0) is 23.8 Å². The fourth-order valence-electron chi connectivity index (χ4n) is 1.95. The van der Waals surface area contributed by atoms with E-state index < -0.39 is 0 Å². The van der Waals surface area contributed by atoms with Crippen LogP contribution in [0.25, 0.3) is 12.2 Å². The maximum absolute atomic E-state index is 6.08. The Hall–Kier alpha value is -2.62. The summed E-state index contributed by atoms with van der Waals surface area (Å²) in [5.74, 6) is 2.13. The Bertz CT molecular complexity index is 633. The molecule has 0 amide bonds. The summed E-state index contributed by atoms with van der Waals surface area (Å²) in [6.07, 6.45) is 3.91. The fraction of sp³-hybridized carbons (Fsp3) is 0.176. The lowest BCUT2D eigenvalue weighted by Crippen LogP contribution is -1.96. The van der Waals surface area contributed by atoms with Gasteiger partial charge in [0.05, 0.1) is 27.0 Å². The number of methoxy groups -OCH3 is 3. The van der Waals surface area contributed by atoms with Gasteiger partial charge in [-0.3, -0.25) is 0 Å². The highest BCUT2D eigenvalue weighted by Crippen LogP contribution is 2.32. The van der Waals surface area contributed by atoms with Crippen molar-refractivity contribution in [3.05, 3.63) is 47.5 Å². The van der Waals surface area contributed by atoms with E-state index in [-0.39, 0.29) is 0 Å².